The fraction of sp³-hybridized carbons (Fsp3) is 0.300. The van der Waals surface area contributed by atoms with Gasteiger partial charge in [0.25, 0.3) is 0 Å². The molecule has 0 aliphatic rings. The van der Waals surface area contributed by atoms with Crippen molar-refractivity contribution in [1.82, 2.24) is 15.0 Å². The highest BCUT2D eigenvalue weighted by Crippen LogP contribution is 2.29. The third-order valence-corrected chi connectivity index (χ3v) is 3.23. The summed E-state index contributed by atoms with van der Waals surface area (Å²) in [5, 5.41) is 1.51. The fourth-order valence-electron chi connectivity index (χ4n) is 1.42. The van der Waals surface area contributed by atoms with Crippen LogP contribution in [0.15, 0.2) is 6.07 Å². The van der Waals surface area contributed by atoms with Gasteiger partial charge in [0.15, 0.2) is 0 Å². The molecule has 0 amide bonds. The van der Waals surface area contributed by atoms with Crippen molar-refractivity contribution >= 4 is 22.9 Å². The molecule has 0 atom stereocenters. The van der Waals surface area contributed by atoms with E-state index in [2.05, 4.69) is 15.0 Å². The molecule has 2 aromatic heterocycles. The fourth-order valence-corrected chi connectivity index (χ4v) is 2.52. The highest BCUT2D eigenvalue weighted by Gasteiger charge is 2.10. The molecule has 2 rings (SSSR count). The molecule has 3 nitrogen and oxygen atoms in total. The summed E-state index contributed by atoms with van der Waals surface area (Å²) in [4.78, 5) is 13.8. The number of aromatic nitrogens is 3. The Bertz CT molecular complexity index is 487. The van der Waals surface area contributed by atoms with Gasteiger partial charge in [-0.15, -0.1) is 11.3 Å². The molecule has 5 heteroatoms. The van der Waals surface area contributed by atoms with Crippen LogP contribution in [0.4, 0.5) is 0 Å². The van der Waals surface area contributed by atoms with Crippen LogP contribution >= 0.6 is 22.9 Å². The molecule has 0 fully saturated rings. The van der Waals surface area contributed by atoms with E-state index in [1.165, 1.54) is 0 Å². The minimum Gasteiger partial charge on any atom is -0.246 e. The second-order valence-corrected chi connectivity index (χ2v) is 4.86. The van der Waals surface area contributed by atoms with E-state index in [0.29, 0.717) is 11.0 Å². The normalized spacial score (nSPS) is 10.7. The Balaban J connectivity index is 2.58. The number of aryl methyl sites for hydroxylation is 3. The van der Waals surface area contributed by atoms with Gasteiger partial charge in [-0.05, 0) is 20.8 Å². The summed E-state index contributed by atoms with van der Waals surface area (Å²) in [5.41, 5.74) is 1.85. The van der Waals surface area contributed by atoms with Crippen molar-refractivity contribution in [3.8, 4) is 10.6 Å². The Morgan fingerprint density at radius 2 is 1.87 bits per heavy atom. The van der Waals surface area contributed by atoms with Crippen LogP contribution in [0.3, 0.4) is 0 Å². The summed E-state index contributed by atoms with van der Waals surface area (Å²) in [5.74, 6) is 0.683. The quantitative estimate of drug-likeness (QED) is 0.718. The molecule has 0 unspecified atom stereocenters. The Kier molecular flexibility index (Phi) is 2.71. The van der Waals surface area contributed by atoms with Gasteiger partial charge in [0.2, 0.25) is 0 Å². The smallest absolute Gasteiger partial charge is 0.133 e. The van der Waals surface area contributed by atoms with Gasteiger partial charge in [0.05, 0.1) is 21.3 Å². The van der Waals surface area contributed by atoms with E-state index in [0.717, 1.165) is 21.3 Å². The average Bonchev–Trinajstić information content (AvgIpc) is 2.43. The molecule has 2 heterocycles. The molecule has 0 bridgehead atoms. The first-order valence-electron chi connectivity index (χ1n) is 4.52. The first kappa shape index (κ1) is 10.5. The van der Waals surface area contributed by atoms with Crippen LogP contribution in [0.5, 0.6) is 0 Å². The van der Waals surface area contributed by atoms with Gasteiger partial charge in [0.1, 0.15) is 11.0 Å². The average molecular weight is 240 g/mol. The lowest BCUT2D eigenvalue weighted by atomic mass is 10.3. The van der Waals surface area contributed by atoms with Crippen molar-refractivity contribution in [1.29, 1.82) is 0 Å². The van der Waals surface area contributed by atoms with E-state index < -0.39 is 0 Å². The zero-order chi connectivity index (χ0) is 11.0. The lowest BCUT2D eigenvalue weighted by Gasteiger charge is -2.00. The SMILES string of the molecule is Cc1nc(Cl)cc(-c2sc(C)nc2C)n1. The minimum atomic E-state index is 0.475. The zero-order valence-corrected chi connectivity index (χ0v) is 10.3. The van der Waals surface area contributed by atoms with E-state index in [-0.39, 0.29) is 0 Å². The van der Waals surface area contributed by atoms with E-state index >= 15 is 0 Å². The second kappa shape index (κ2) is 3.87. The number of nitrogens with zero attached hydrogens (tertiary/aromatic N) is 3. The third-order valence-electron chi connectivity index (χ3n) is 1.94. The summed E-state index contributed by atoms with van der Waals surface area (Å²) in [6.45, 7) is 5.79. The van der Waals surface area contributed by atoms with Crippen LogP contribution in [-0.4, -0.2) is 15.0 Å². The molecule has 0 saturated carbocycles. The Labute approximate surface area is 97.2 Å². The van der Waals surface area contributed by atoms with Crippen molar-refractivity contribution in [3.05, 3.63) is 27.7 Å². The number of hydrogen-bond donors (Lipinski definition) is 0. The highest BCUT2D eigenvalue weighted by atomic mass is 35.5. The first-order chi connectivity index (χ1) is 7.06. The van der Waals surface area contributed by atoms with Crippen LogP contribution in [0.25, 0.3) is 10.6 Å². The predicted molar refractivity (Wildman–Crippen MR) is 62.4 cm³/mol. The predicted octanol–water partition coefficient (Wildman–Crippen LogP) is 3.18. The second-order valence-electron chi connectivity index (χ2n) is 3.27. The van der Waals surface area contributed by atoms with Gasteiger partial charge >= 0.3 is 0 Å². The monoisotopic (exact) mass is 239 g/mol. The molecule has 0 aromatic carbocycles. The number of hydrogen-bond acceptors (Lipinski definition) is 4. The molecule has 0 N–H and O–H groups in total. The van der Waals surface area contributed by atoms with Gasteiger partial charge in [0, 0.05) is 6.07 Å². The molecular formula is C10H10ClN3S. The van der Waals surface area contributed by atoms with E-state index in [1.807, 2.05) is 20.8 Å². The van der Waals surface area contributed by atoms with E-state index in [9.17, 15) is 0 Å². The largest absolute Gasteiger partial charge is 0.246 e. The van der Waals surface area contributed by atoms with Crippen molar-refractivity contribution < 1.29 is 0 Å². The van der Waals surface area contributed by atoms with E-state index in [1.54, 1.807) is 17.4 Å². The topological polar surface area (TPSA) is 38.7 Å². The molecule has 0 aliphatic heterocycles. The molecule has 0 radical (unpaired) electrons. The van der Waals surface area contributed by atoms with Crippen molar-refractivity contribution in [3.63, 3.8) is 0 Å². The van der Waals surface area contributed by atoms with Crippen molar-refractivity contribution in [2.24, 2.45) is 0 Å². The van der Waals surface area contributed by atoms with Crippen LogP contribution in [0.1, 0.15) is 16.5 Å². The van der Waals surface area contributed by atoms with Gasteiger partial charge in [-0.2, -0.15) is 0 Å². The van der Waals surface area contributed by atoms with Crippen LogP contribution in [0.2, 0.25) is 5.15 Å². The molecule has 0 spiro atoms. The third kappa shape index (κ3) is 2.16. The summed E-state index contributed by atoms with van der Waals surface area (Å²) in [7, 11) is 0. The summed E-state index contributed by atoms with van der Waals surface area (Å²) >= 11 is 7.52. The molecule has 78 valence electrons. The lowest BCUT2D eigenvalue weighted by Crippen LogP contribution is -1.91. The highest BCUT2D eigenvalue weighted by molar-refractivity contribution is 7.15. The van der Waals surface area contributed by atoms with Gasteiger partial charge < -0.3 is 0 Å². The zero-order valence-electron chi connectivity index (χ0n) is 8.71. The van der Waals surface area contributed by atoms with Crippen molar-refractivity contribution in [2.45, 2.75) is 20.8 Å². The minimum absolute atomic E-state index is 0.475. The maximum Gasteiger partial charge on any atom is 0.133 e. The molecular weight excluding hydrogens is 230 g/mol. The van der Waals surface area contributed by atoms with Gasteiger partial charge in [-0.3, -0.25) is 0 Å². The molecule has 0 saturated heterocycles. The van der Waals surface area contributed by atoms with Crippen molar-refractivity contribution in [2.75, 3.05) is 0 Å². The first-order valence-corrected chi connectivity index (χ1v) is 5.71. The number of rotatable bonds is 1. The summed E-state index contributed by atoms with van der Waals surface area (Å²) in [6, 6.07) is 1.77. The standard InChI is InChI=1S/C10H10ClN3S/c1-5-10(15-7(3)12-5)8-4-9(11)14-6(2)13-8/h4H,1-3H3. The van der Waals surface area contributed by atoms with Crippen LogP contribution in [-0.2, 0) is 0 Å². The number of thiazole rings is 1. The summed E-state index contributed by atoms with van der Waals surface area (Å²) in [6.07, 6.45) is 0. The molecule has 0 aliphatic carbocycles. The lowest BCUT2D eigenvalue weighted by molar-refractivity contribution is 1.06. The Hall–Kier alpha value is -1.00. The van der Waals surface area contributed by atoms with Gasteiger partial charge in [-0.25, -0.2) is 15.0 Å². The Morgan fingerprint density at radius 1 is 1.13 bits per heavy atom. The van der Waals surface area contributed by atoms with Crippen LogP contribution < -0.4 is 0 Å². The van der Waals surface area contributed by atoms with Crippen LogP contribution in [0, 0.1) is 20.8 Å². The summed E-state index contributed by atoms with van der Waals surface area (Å²) < 4.78 is 0. The maximum atomic E-state index is 5.89. The molecule has 2 aromatic rings. The molecule has 15 heavy (non-hydrogen) atoms. The van der Waals surface area contributed by atoms with E-state index in [4.69, 9.17) is 11.6 Å². The number of halogens is 1. The Morgan fingerprint density at radius 3 is 2.40 bits per heavy atom. The maximum absolute atomic E-state index is 5.89. The van der Waals surface area contributed by atoms with Gasteiger partial charge in [-0.1, -0.05) is 11.6 Å².